The van der Waals surface area contributed by atoms with E-state index in [-0.39, 0.29) is 11.7 Å². The molecule has 4 rings (SSSR count). The average Bonchev–Trinajstić information content (AvgIpc) is 3.31. The molecule has 0 bridgehead atoms. The van der Waals surface area contributed by atoms with Crippen LogP contribution in [0.4, 0.5) is 5.69 Å². The number of para-hydroxylation sites is 1. The molecule has 1 aromatic carbocycles. The van der Waals surface area contributed by atoms with Gasteiger partial charge in [-0.3, -0.25) is 9.78 Å². The third-order valence-electron chi connectivity index (χ3n) is 3.59. The molecule has 1 fully saturated rings. The molecule has 0 spiro atoms. The van der Waals surface area contributed by atoms with Crippen LogP contribution in [-0.2, 0) is 4.79 Å². The largest absolute Gasteiger partial charge is 0.323 e. The van der Waals surface area contributed by atoms with Gasteiger partial charge in [0.15, 0.2) is 0 Å². The Bertz CT molecular complexity index is 855. The zero-order chi connectivity index (χ0) is 15.6. The summed E-state index contributed by atoms with van der Waals surface area (Å²) in [6.07, 6.45) is 3.93. The first-order valence-corrected chi connectivity index (χ1v) is 8.34. The van der Waals surface area contributed by atoms with Crippen molar-refractivity contribution < 1.29 is 4.79 Å². The van der Waals surface area contributed by atoms with E-state index in [0.717, 1.165) is 29.4 Å². The highest BCUT2D eigenvalue weighted by molar-refractivity contribution is 7.99. The van der Waals surface area contributed by atoms with Crippen LogP contribution in [0.5, 0.6) is 0 Å². The first-order valence-electron chi connectivity index (χ1n) is 7.35. The molecule has 1 N–H and O–H groups in total. The number of fused-ring (bicyclic) bond motifs is 1. The quantitative estimate of drug-likeness (QED) is 0.724. The number of anilines is 1. The predicted molar refractivity (Wildman–Crippen MR) is 87.2 cm³/mol. The van der Waals surface area contributed by atoms with Crippen LogP contribution in [0, 0.1) is 0 Å². The second-order valence-electron chi connectivity index (χ2n) is 5.35. The molecule has 8 heteroatoms. The topological polar surface area (TPSA) is 85.6 Å². The van der Waals surface area contributed by atoms with E-state index in [0.29, 0.717) is 11.2 Å². The van der Waals surface area contributed by atoms with Crippen LogP contribution in [0.1, 0.15) is 18.9 Å². The van der Waals surface area contributed by atoms with Gasteiger partial charge in [0, 0.05) is 11.6 Å². The molecule has 7 nitrogen and oxygen atoms in total. The molecule has 23 heavy (non-hydrogen) atoms. The van der Waals surface area contributed by atoms with Crippen LogP contribution in [0.15, 0.2) is 41.7 Å². The molecule has 116 valence electrons. The van der Waals surface area contributed by atoms with Gasteiger partial charge in [0.25, 0.3) is 0 Å². The summed E-state index contributed by atoms with van der Waals surface area (Å²) in [4.78, 5) is 16.5. The van der Waals surface area contributed by atoms with Crippen molar-refractivity contribution in [2.45, 2.75) is 24.0 Å². The van der Waals surface area contributed by atoms with E-state index in [1.807, 2.05) is 30.3 Å². The monoisotopic (exact) mass is 326 g/mol. The Labute approximate surface area is 136 Å². The standard InChI is InChI=1S/C15H14N6OS/c22-13(9-23-15-18-19-20-21(15)11-6-7-11)17-12-5-1-3-10-4-2-8-16-14(10)12/h1-5,8,11H,6-7,9H2,(H,17,22). The van der Waals surface area contributed by atoms with Crippen molar-refractivity contribution in [1.82, 2.24) is 25.2 Å². The highest BCUT2D eigenvalue weighted by Crippen LogP contribution is 2.36. The summed E-state index contributed by atoms with van der Waals surface area (Å²) >= 11 is 1.35. The van der Waals surface area contributed by atoms with E-state index >= 15 is 0 Å². The zero-order valence-corrected chi connectivity index (χ0v) is 13.0. The molecular weight excluding hydrogens is 312 g/mol. The van der Waals surface area contributed by atoms with E-state index < -0.39 is 0 Å². The SMILES string of the molecule is O=C(CSc1nnnn1C1CC1)Nc1cccc2cccnc12. The molecule has 0 unspecified atom stereocenters. The Balaban J connectivity index is 1.44. The van der Waals surface area contributed by atoms with Crippen molar-refractivity contribution >= 4 is 34.3 Å². The van der Waals surface area contributed by atoms with Crippen LogP contribution < -0.4 is 5.32 Å². The second kappa shape index (κ2) is 5.96. The smallest absolute Gasteiger partial charge is 0.234 e. The minimum absolute atomic E-state index is 0.0986. The number of nitrogens with one attached hydrogen (secondary N) is 1. The van der Waals surface area contributed by atoms with Gasteiger partial charge in [-0.1, -0.05) is 30.0 Å². The molecule has 3 aromatic rings. The molecule has 1 saturated carbocycles. The lowest BCUT2D eigenvalue weighted by Gasteiger charge is -2.07. The third kappa shape index (κ3) is 3.02. The lowest BCUT2D eigenvalue weighted by molar-refractivity contribution is -0.113. The number of nitrogens with zero attached hydrogens (tertiary/aromatic N) is 5. The summed E-state index contributed by atoms with van der Waals surface area (Å²) in [5, 5.41) is 16.2. The van der Waals surface area contributed by atoms with Crippen LogP contribution in [0.3, 0.4) is 0 Å². The van der Waals surface area contributed by atoms with Gasteiger partial charge in [-0.25, -0.2) is 4.68 Å². The zero-order valence-electron chi connectivity index (χ0n) is 12.2. The Hall–Kier alpha value is -2.48. The van der Waals surface area contributed by atoms with E-state index in [4.69, 9.17) is 0 Å². The number of tetrazole rings is 1. The summed E-state index contributed by atoms with van der Waals surface area (Å²) in [7, 11) is 0. The van der Waals surface area contributed by atoms with E-state index in [9.17, 15) is 4.79 Å². The Morgan fingerprint density at radius 3 is 3.04 bits per heavy atom. The van der Waals surface area contributed by atoms with Gasteiger partial charge >= 0.3 is 0 Å². The first-order chi connectivity index (χ1) is 11.3. The number of rotatable bonds is 5. The van der Waals surface area contributed by atoms with Gasteiger partial charge in [-0.05, 0) is 35.4 Å². The van der Waals surface area contributed by atoms with Gasteiger partial charge in [0.05, 0.1) is 23.0 Å². The number of hydrogen-bond donors (Lipinski definition) is 1. The lowest BCUT2D eigenvalue weighted by atomic mass is 10.2. The highest BCUT2D eigenvalue weighted by atomic mass is 32.2. The van der Waals surface area contributed by atoms with Gasteiger partial charge < -0.3 is 5.32 Å². The second-order valence-corrected chi connectivity index (χ2v) is 6.30. The maximum atomic E-state index is 12.2. The number of aromatic nitrogens is 5. The van der Waals surface area contributed by atoms with Gasteiger partial charge in [0.1, 0.15) is 0 Å². The van der Waals surface area contributed by atoms with Crippen molar-refractivity contribution in [2.24, 2.45) is 0 Å². The molecule has 2 heterocycles. The molecule has 0 radical (unpaired) electrons. The number of carbonyl (C=O) groups excluding carboxylic acids is 1. The van der Waals surface area contributed by atoms with Crippen LogP contribution in [0.2, 0.25) is 0 Å². The molecule has 0 aliphatic heterocycles. The number of pyridine rings is 1. The van der Waals surface area contributed by atoms with E-state index in [1.54, 1.807) is 10.9 Å². The Morgan fingerprint density at radius 2 is 2.17 bits per heavy atom. The average molecular weight is 326 g/mol. The number of thioether (sulfide) groups is 1. The molecular formula is C15H14N6OS. The Kier molecular flexibility index (Phi) is 3.66. The summed E-state index contributed by atoms with van der Waals surface area (Å²) in [5.74, 6) is 0.162. The fourth-order valence-electron chi connectivity index (χ4n) is 2.35. The number of carbonyl (C=O) groups is 1. The molecule has 1 aliphatic carbocycles. The number of hydrogen-bond acceptors (Lipinski definition) is 6. The summed E-state index contributed by atoms with van der Waals surface area (Å²) in [6.45, 7) is 0. The number of benzene rings is 1. The highest BCUT2D eigenvalue weighted by Gasteiger charge is 2.28. The minimum Gasteiger partial charge on any atom is -0.323 e. The van der Waals surface area contributed by atoms with E-state index in [1.165, 1.54) is 11.8 Å². The van der Waals surface area contributed by atoms with Crippen LogP contribution >= 0.6 is 11.8 Å². The van der Waals surface area contributed by atoms with Crippen LogP contribution in [-0.4, -0.2) is 36.9 Å². The van der Waals surface area contributed by atoms with Gasteiger partial charge in [0.2, 0.25) is 11.1 Å². The predicted octanol–water partition coefficient (Wildman–Crippen LogP) is 2.29. The molecule has 2 aromatic heterocycles. The van der Waals surface area contributed by atoms with Gasteiger partial charge in [-0.15, -0.1) is 5.10 Å². The first kappa shape index (κ1) is 14.1. The third-order valence-corrected chi connectivity index (χ3v) is 4.53. The van der Waals surface area contributed by atoms with Crippen molar-refractivity contribution in [3.63, 3.8) is 0 Å². The lowest BCUT2D eigenvalue weighted by Crippen LogP contribution is -2.15. The summed E-state index contributed by atoms with van der Waals surface area (Å²) < 4.78 is 1.80. The fourth-order valence-corrected chi connectivity index (χ4v) is 3.09. The fraction of sp³-hybridized carbons (Fsp3) is 0.267. The van der Waals surface area contributed by atoms with Crippen molar-refractivity contribution in [3.05, 3.63) is 36.5 Å². The Morgan fingerprint density at radius 1 is 1.30 bits per heavy atom. The molecule has 1 aliphatic rings. The number of amides is 1. The normalized spacial score (nSPS) is 14.1. The van der Waals surface area contributed by atoms with Crippen molar-refractivity contribution in [1.29, 1.82) is 0 Å². The summed E-state index contributed by atoms with van der Waals surface area (Å²) in [6, 6.07) is 9.97. The molecule has 1 amide bonds. The molecule has 0 saturated heterocycles. The minimum atomic E-state index is -0.0986. The molecule has 0 atom stereocenters. The summed E-state index contributed by atoms with van der Waals surface area (Å²) in [5.41, 5.74) is 1.51. The van der Waals surface area contributed by atoms with Crippen molar-refractivity contribution in [2.75, 3.05) is 11.1 Å². The maximum Gasteiger partial charge on any atom is 0.234 e. The van der Waals surface area contributed by atoms with Gasteiger partial charge in [-0.2, -0.15) is 0 Å². The van der Waals surface area contributed by atoms with E-state index in [2.05, 4.69) is 25.8 Å². The van der Waals surface area contributed by atoms with Crippen LogP contribution in [0.25, 0.3) is 10.9 Å². The van der Waals surface area contributed by atoms with Crippen molar-refractivity contribution in [3.8, 4) is 0 Å². The maximum absolute atomic E-state index is 12.2.